The van der Waals surface area contributed by atoms with Crippen LogP contribution in [-0.4, -0.2) is 163 Å². The van der Waals surface area contributed by atoms with Crippen molar-refractivity contribution >= 4 is 47.8 Å². The van der Waals surface area contributed by atoms with Gasteiger partial charge in [0.05, 0.1) is 63.0 Å². The quantitative estimate of drug-likeness (QED) is 0.0737. The minimum absolute atomic E-state index is 0. The zero-order valence-electron chi connectivity index (χ0n) is 41.1. The Labute approximate surface area is 401 Å². The highest BCUT2D eigenvalue weighted by molar-refractivity contribution is 6.12. The zero-order valence-corrected chi connectivity index (χ0v) is 41.1. The van der Waals surface area contributed by atoms with Gasteiger partial charge < -0.3 is 63.9 Å². The Morgan fingerprint density at radius 3 is 1.30 bits per heavy atom. The first-order valence-corrected chi connectivity index (χ1v) is 22.2. The number of imide groups is 2. The van der Waals surface area contributed by atoms with Crippen LogP contribution in [0.3, 0.4) is 0 Å². The number of hydrogen-bond donors (Lipinski definition) is 4. The maximum Gasteiger partial charge on any atom is 0.408 e. The van der Waals surface area contributed by atoms with Crippen molar-refractivity contribution in [3.8, 4) is 0 Å². The predicted octanol–water partition coefficient (Wildman–Crippen LogP) is 2.91. The van der Waals surface area contributed by atoms with Gasteiger partial charge in [-0.2, -0.15) is 0 Å². The monoisotopic (exact) mass is 982 g/mol. The summed E-state index contributed by atoms with van der Waals surface area (Å²) >= 11 is 0. The Morgan fingerprint density at radius 1 is 0.609 bits per heavy atom. The minimum Gasteiger partial charge on any atom is -0.480 e. The van der Waals surface area contributed by atoms with Crippen LogP contribution in [0.25, 0.3) is 0 Å². The molecular formula is C46H70N4O19. The molecule has 0 spiro atoms. The van der Waals surface area contributed by atoms with Crippen LogP contribution in [-0.2, 0) is 75.1 Å². The second-order valence-corrected chi connectivity index (χ2v) is 18.3. The Morgan fingerprint density at radius 2 is 0.971 bits per heavy atom. The molecule has 2 saturated heterocycles. The molecule has 1 aromatic rings. The summed E-state index contributed by atoms with van der Waals surface area (Å²) in [6, 6.07) is -2.20. The number of rotatable bonds is 22. The van der Waals surface area contributed by atoms with E-state index in [0.29, 0.717) is 52.1 Å². The van der Waals surface area contributed by atoms with E-state index >= 15 is 0 Å². The van der Waals surface area contributed by atoms with Crippen LogP contribution < -0.4 is 10.6 Å². The number of methoxy groups -OCH3 is 4. The van der Waals surface area contributed by atoms with E-state index in [9.17, 15) is 43.5 Å². The van der Waals surface area contributed by atoms with E-state index in [-0.39, 0.29) is 55.0 Å². The molecule has 6 atom stereocenters. The molecule has 0 aromatic carbocycles. The number of amides is 6. The van der Waals surface area contributed by atoms with E-state index in [0.717, 1.165) is 27.2 Å². The van der Waals surface area contributed by atoms with Gasteiger partial charge in [0.2, 0.25) is 11.8 Å². The van der Waals surface area contributed by atoms with E-state index in [1.165, 1.54) is 17.1 Å². The highest BCUT2D eigenvalue weighted by Crippen LogP contribution is 2.51. The number of likely N-dealkylation sites (tertiary alicyclic amines) is 1. The number of unbranched alkanes of at least 4 members (excludes halogenated alkanes) is 2. The van der Waals surface area contributed by atoms with Crippen molar-refractivity contribution in [1.29, 1.82) is 0 Å². The average Bonchev–Trinajstić information content (AvgIpc) is 4.05. The lowest BCUT2D eigenvalue weighted by Crippen LogP contribution is -2.43. The number of carbonyl (C=O) groups excluding carboxylic acids is 6. The fraction of sp³-hybridized carbons (Fsp3) is 0.652. The number of fused-ring (bicyclic) bond motifs is 5. The normalized spacial score (nSPS) is 20.1. The van der Waals surface area contributed by atoms with Crippen molar-refractivity contribution in [1.82, 2.24) is 20.4 Å². The number of ether oxygens (including phenoxy) is 7. The lowest BCUT2D eigenvalue weighted by Gasteiger charge is -2.22. The van der Waals surface area contributed by atoms with Crippen LogP contribution >= 0.6 is 0 Å². The van der Waals surface area contributed by atoms with Crippen molar-refractivity contribution in [2.24, 2.45) is 11.8 Å². The summed E-state index contributed by atoms with van der Waals surface area (Å²) in [6.07, 6.45) is 5.20. The number of furan rings is 1. The molecule has 2 bridgehead atoms. The molecule has 6 amide bonds. The van der Waals surface area contributed by atoms with Gasteiger partial charge in [-0.25, -0.2) is 19.2 Å². The maximum atomic E-state index is 13.1. The number of nitrogens with zero attached hydrogens (tertiary/aromatic N) is 2. The van der Waals surface area contributed by atoms with E-state index in [2.05, 4.69) is 10.6 Å². The summed E-state index contributed by atoms with van der Waals surface area (Å²) < 4.78 is 41.6. The SMILES string of the molecule is CC(C)(C)OC(=O)N[C@@H](CCCCN1C(=O)C=CC1=O)C(=O)O.COCC1=C(COC)C2OC1C1C(=O)N(CCCCC(NC(=O)OC(C)(C)C)C(=O)O)C(=O)C21.COCc1cocc1COC.O. The highest BCUT2D eigenvalue weighted by atomic mass is 16.6. The maximum absolute atomic E-state index is 13.1. The molecule has 4 aliphatic heterocycles. The topological polar surface area (TPSA) is 317 Å². The van der Waals surface area contributed by atoms with Crippen molar-refractivity contribution in [3.63, 3.8) is 0 Å². The molecule has 6 N–H and O–H groups in total. The third-order valence-electron chi connectivity index (χ3n) is 10.7. The third kappa shape index (κ3) is 17.6. The number of carboxylic acids is 2. The predicted molar refractivity (Wildman–Crippen MR) is 242 cm³/mol. The van der Waals surface area contributed by atoms with Crippen molar-refractivity contribution in [2.75, 3.05) is 54.7 Å². The first-order valence-electron chi connectivity index (χ1n) is 22.2. The molecule has 4 aliphatic rings. The van der Waals surface area contributed by atoms with Gasteiger partial charge in [-0.3, -0.25) is 29.0 Å². The number of nitrogens with one attached hydrogen (secondary N) is 2. The van der Waals surface area contributed by atoms with Gasteiger partial charge in [0.15, 0.2) is 0 Å². The molecule has 0 saturated carbocycles. The van der Waals surface area contributed by atoms with Crippen molar-refractivity contribution < 1.29 is 91.6 Å². The van der Waals surface area contributed by atoms with Crippen molar-refractivity contribution in [3.05, 3.63) is 47.0 Å². The lowest BCUT2D eigenvalue weighted by molar-refractivity contribution is -0.143. The van der Waals surface area contributed by atoms with Crippen LogP contribution in [0.15, 0.2) is 40.2 Å². The fourth-order valence-corrected chi connectivity index (χ4v) is 7.80. The number of hydrogen-bond acceptors (Lipinski definition) is 16. The molecule has 1 aromatic heterocycles. The molecule has 0 aliphatic carbocycles. The van der Waals surface area contributed by atoms with Gasteiger partial charge in [0.1, 0.15) is 23.3 Å². The van der Waals surface area contributed by atoms with Crippen molar-refractivity contribution in [2.45, 2.75) is 129 Å². The number of aliphatic carboxylic acids is 2. The van der Waals surface area contributed by atoms with E-state index in [4.69, 9.17) is 42.7 Å². The molecule has 23 nitrogen and oxygen atoms in total. The largest absolute Gasteiger partial charge is 0.480 e. The molecule has 69 heavy (non-hydrogen) atoms. The van der Waals surface area contributed by atoms with Gasteiger partial charge in [-0.15, -0.1) is 0 Å². The molecular weight excluding hydrogens is 913 g/mol. The number of alkyl carbamates (subject to hydrolysis) is 2. The van der Waals surface area contributed by atoms with Gasteiger partial charge in [0.25, 0.3) is 11.8 Å². The summed E-state index contributed by atoms with van der Waals surface area (Å²) in [5, 5.41) is 23.2. The highest BCUT2D eigenvalue weighted by Gasteiger charge is 2.64. The molecule has 0 radical (unpaired) electrons. The van der Waals surface area contributed by atoms with E-state index in [1.807, 2.05) is 0 Å². The Kier molecular flexibility index (Phi) is 23.6. The number of carbonyl (C=O) groups is 8. The number of carboxylic acid groups (broad SMARTS) is 2. The summed E-state index contributed by atoms with van der Waals surface area (Å²) in [5.74, 6) is -4.74. The fourth-order valence-electron chi connectivity index (χ4n) is 7.80. The van der Waals surface area contributed by atoms with Gasteiger partial charge in [0, 0.05) is 64.8 Å². The smallest absolute Gasteiger partial charge is 0.408 e. The van der Waals surface area contributed by atoms with Crippen LogP contribution in [0.2, 0.25) is 0 Å². The molecule has 5 unspecified atom stereocenters. The van der Waals surface area contributed by atoms with Crippen LogP contribution in [0.5, 0.6) is 0 Å². The zero-order chi connectivity index (χ0) is 50.9. The van der Waals surface area contributed by atoms with E-state index < -0.39 is 71.5 Å². The third-order valence-corrected chi connectivity index (χ3v) is 10.7. The van der Waals surface area contributed by atoms with E-state index in [1.54, 1.807) is 82.5 Å². The molecule has 5 rings (SSSR count). The minimum atomic E-state index is -1.18. The van der Waals surface area contributed by atoms with Crippen LogP contribution in [0, 0.1) is 11.8 Å². The Bertz CT molecular complexity index is 1920. The second kappa shape index (κ2) is 27.5. The second-order valence-electron chi connectivity index (χ2n) is 18.3. The average molecular weight is 983 g/mol. The Hall–Kier alpha value is -5.72. The molecule has 388 valence electrons. The summed E-state index contributed by atoms with van der Waals surface area (Å²) in [6.45, 7) is 12.3. The Balaban J connectivity index is 0.000000401. The first-order chi connectivity index (χ1) is 32.0. The van der Waals surface area contributed by atoms with Gasteiger partial charge in [-0.1, -0.05) is 0 Å². The molecule has 2 fully saturated rings. The van der Waals surface area contributed by atoms with Crippen LogP contribution in [0.4, 0.5) is 9.59 Å². The lowest BCUT2D eigenvalue weighted by atomic mass is 9.77. The standard InChI is InChI=1S/C23H34N2O9.C15H22N2O6.C8H12O3.H2O/c1-23(2,3)34-22(30)24-14(21(28)29)8-6-7-9-25-19(26)15-16(20(25)27)18-13(11-32-5)12(10-31-4)17(15)33-18;1-15(2,3)23-14(22)16-10(13(20)21)6-4-5-9-17-11(18)7-8-12(17)19;1-9-3-7-5-11-6-8(7)4-10-2;/h14-18H,6-11H2,1-5H3,(H,24,30)(H,28,29);7-8,10H,4-6,9H2,1-3H3,(H,16,22)(H,20,21);5-6H,3-4H2,1-2H3;1H2/t;10-;;/m.0../s1. The first kappa shape index (κ1) is 59.4. The summed E-state index contributed by atoms with van der Waals surface area (Å²) in [5.41, 5.74) is 2.39. The van der Waals surface area contributed by atoms with Gasteiger partial charge >= 0.3 is 24.1 Å². The van der Waals surface area contributed by atoms with Crippen LogP contribution in [0.1, 0.15) is 91.2 Å². The summed E-state index contributed by atoms with van der Waals surface area (Å²) in [7, 11) is 6.45. The molecule has 5 heterocycles. The van der Waals surface area contributed by atoms with Gasteiger partial charge in [-0.05, 0) is 91.2 Å². The summed E-state index contributed by atoms with van der Waals surface area (Å²) in [4.78, 5) is 97.4. The molecule has 23 heteroatoms.